The van der Waals surface area contributed by atoms with Crippen molar-refractivity contribution in [2.75, 3.05) is 23.8 Å². The number of sulfonamides is 2. The maximum atomic E-state index is 13.1. The van der Waals surface area contributed by atoms with Crippen LogP contribution in [0.3, 0.4) is 0 Å². The normalized spacial score (nSPS) is 19.5. The molecule has 2 aliphatic carbocycles. The number of hydrogen-bond acceptors (Lipinski definition) is 14. The van der Waals surface area contributed by atoms with E-state index in [0.717, 1.165) is 12.1 Å². The Bertz CT molecular complexity index is 2520. The van der Waals surface area contributed by atoms with Crippen LogP contribution in [0.1, 0.15) is 54.4 Å². The first-order valence-electron chi connectivity index (χ1n) is 22.5. The number of alkyl carbamates (subject to hydrolysis) is 2. The molecule has 71 heavy (non-hydrogen) atoms. The number of nitrogens with one attached hydrogen (secondary N) is 5. The number of benzene rings is 2. The van der Waals surface area contributed by atoms with Crippen molar-refractivity contribution in [2.24, 2.45) is 17.0 Å². The number of rotatable bonds is 17. The highest BCUT2D eigenvalue weighted by atomic mass is 32.2. The fraction of sp³-hybridized carbons (Fsp3) is 0.522. The highest BCUT2D eigenvalue weighted by Crippen LogP contribution is 2.46. The van der Waals surface area contributed by atoms with Crippen molar-refractivity contribution in [1.29, 1.82) is 0 Å². The second-order valence-corrected chi connectivity index (χ2v) is 35.6. The van der Waals surface area contributed by atoms with Crippen LogP contribution in [0.2, 0.25) is 51.4 Å². The predicted molar refractivity (Wildman–Crippen MR) is 274 cm³/mol. The molecule has 21 nitrogen and oxygen atoms in total. The van der Waals surface area contributed by atoms with Crippen LogP contribution < -0.4 is 31.1 Å². The zero-order valence-corrected chi connectivity index (χ0v) is 46.3. The Morgan fingerprint density at radius 1 is 0.662 bits per heavy atom. The van der Waals surface area contributed by atoms with Crippen LogP contribution in [-0.4, -0.2) is 110 Å². The molecule has 5 amide bonds. The number of aliphatic carboxylic acids is 1. The number of carboxylic acid groups (broad SMARTS) is 1. The van der Waals surface area contributed by atoms with E-state index >= 15 is 0 Å². The van der Waals surface area contributed by atoms with E-state index in [4.69, 9.17) is 29.2 Å². The molecule has 0 spiro atoms. The summed E-state index contributed by atoms with van der Waals surface area (Å²) in [4.78, 5) is 71.2. The molecule has 2 aromatic rings. The molecule has 0 heterocycles. The van der Waals surface area contributed by atoms with E-state index in [1.807, 2.05) is 4.72 Å². The fourth-order valence-corrected chi connectivity index (χ4v) is 9.43. The monoisotopic (exact) mass is 1070 g/mol. The lowest BCUT2D eigenvalue weighted by Crippen LogP contribution is -2.52. The van der Waals surface area contributed by atoms with Gasteiger partial charge >= 0.3 is 30.3 Å². The number of primary sulfonamides is 1. The predicted octanol–water partition coefficient (Wildman–Crippen LogP) is 7.61. The van der Waals surface area contributed by atoms with Crippen LogP contribution >= 0.6 is 0 Å². The smallest absolute Gasteiger partial charge is 0.411 e. The summed E-state index contributed by atoms with van der Waals surface area (Å²) in [5.41, 5.74) is -4.09. The first kappa shape index (κ1) is 61.4. The Morgan fingerprint density at radius 2 is 1.03 bits per heavy atom. The van der Waals surface area contributed by atoms with Gasteiger partial charge in [0.25, 0.3) is 15.9 Å². The molecule has 0 aliphatic heterocycles. The Balaban J connectivity index is 0.000000404. The van der Waals surface area contributed by atoms with Gasteiger partial charge in [-0.3, -0.25) is 15.4 Å². The SMILES string of the molecule is C=C[C@@H]1C[C@]1(NC(=O)OC(C)(C)C)C(=O)NS(=O)(=O)c1ccccc1NC(=O)OCC[Si](C)(C)C.C=C[C@@H]1C[C@]1(NC(=O)OC(C)(C)C)C(=O)O.C[Si](C)(C)CCOC(=O)Nc1ccccc1S(N)(=O)=O. The number of para-hydroxylation sites is 2. The molecule has 2 aliphatic rings. The van der Waals surface area contributed by atoms with Crippen molar-refractivity contribution in [3.63, 3.8) is 0 Å². The molecular formula is C46H72N6O15S2Si2. The third-order valence-corrected chi connectivity index (χ3v) is 15.8. The summed E-state index contributed by atoms with van der Waals surface area (Å²) in [6.45, 7) is 30.8. The average molecular weight is 1070 g/mol. The Labute approximate surface area is 419 Å². The number of carboxylic acids is 1. The molecule has 4 rings (SSSR count). The summed E-state index contributed by atoms with van der Waals surface area (Å²) in [7, 11) is -11.0. The van der Waals surface area contributed by atoms with Gasteiger partial charge in [-0.05, 0) is 90.7 Å². The van der Waals surface area contributed by atoms with E-state index in [9.17, 15) is 45.6 Å². The minimum atomic E-state index is -4.41. The minimum absolute atomic E-state index is 0.0453. The maximum absolute atomic E-state index is 13.1. The molecule has 0 aromatic heterocycles. The number of amides is 5. The lowest BCUT2D eigenvalue weighted by molar-refractivity contribution is -0.141. The molecule has 2 saturated carbocycles. The molecule has 2 fully saturated rings. The van der Waals surface area contributed by atoms with Crippen molar-refractivity contribution in [3.05, 3.63) is 73.8 Å². The van der Waals surface area contributed by atoms with E-state index < -0.39 is 101 Å². The zero-order valence-electron chi connectivity index (χ0n) is 42.6. The van der Waals surface area contributed by atoms with Crippen LogP contribution in [0.25, 0.3) is 0 Å². The topological polar surface area (TPSA) is 314 Å². The molecule has 396 valence electrons. The largest absolute Gasteiger partial charge is 0.479 e. The van der Waals surface area contributed by atoms with Gasteiger partial charge in [0.2, 0.25) is 10.0 Å². The molecule has 25 heteroatoms. The second kappa shape index (κ2) is 24.1. The third-order valence-electron chi connectivity index (χ3n) is 10.1. The van der Waals surface area contributed by atoms with Gasteiger partial charge in [0.1, 0.15) is 32.1 Å². The summed E-state index contributed by atoms with van der Waals surface area (Å²) in [5, 5.41) is 23.8. The Hall–Kier alpha value is -5.77. The molecule has 8 N–H and O–H groups in total. The lowest BCUT2D eigenvalue weighted by Gasteiger charge is -2.23. The van der Waals surface area contributed by atoms with E-state index in [0.29, 0.717) is 13.0 Å². The van der Waals surface area contributed by atoms with Crippen molar-refractivity contribution in [1.82, 2.24) is 15.4 Å². The van der Waals surface area contributed by atoms with Crippen LogP contribution in [0.15, 0.2) is 83.6 Å². The highest BCUT2D eigenvalue weighted by molar-refractivity contribution is 7.90. The van der Waals surface area contributed by atoms with Gasteiger partial charge in [0.15, 0.2) is 0 Å². The van der Waals surface area contributed by atoms with Gasteiger partial charge in [-0.25, -0.2) is 50.7 Å². The Morgan fingerprint density at radius 3 is 1.38 bits per heavy atom. The molecular weight excluding hydrogens is 997 g/mol. The van der Waals surface area contributed by atoms with Gasteiger partial charge in [-0.15, -0.1) is 13.2 Å². The van der Waals surface area contributed by atoms with Crippen molar-refractivity contribution < 1.29 is 69.7 Å². The molecule has 0 unspecified atom stereocenters. The minimum Gasteiger partial charge on any atom is -0.479 e. The van der Waals surface area contributed by atoms with Crippen molar-refractivity contribution >= 4 is 83.8 Å². The second-order valence-electron chi connectivity index (χ2n) is 21.2. The van der Waals surface area contributed by atoms with Crippen LogP contribution in [0.4, 0.5) is 30.6 Å². The number of ether oxygens (including phenoxy) is 4. The fourth-order valence-electron chi connectivity index (χ4n) is 6.10. The quantitative estimate of drug-likeness (QED) is 0.0455. The summed E-state index contributed by atoms with van der Waals surface area (Å²) in [5.74, 6) is -2.68. The molecule has 0 bridgehead atoms. The van der Waals surface area contributed by atoms with Crippen molar-refractivity contribution in [3.8, 4) is 0 Å². The lowest BCUT2D eigenvalue weighted by atomic mass is 10.2. The first-order chi connectivity index (χ1) is 32.3. The van der Waals surface area contributed by atoms with Crippen LogP contribution in [0, 0.1) is 11.8 Å². The van der Waals surface area contributed by atoms with Gasteiger partial charge in [-0.1, -0.05) is 75.7 Å². The van der Waals surface area contributed by atoms with Crippen LogP contribution in [0.5, 0.6) is 0 Å². The molecule has 0 radical (unpaired) electrons. The number of hydrogen-bond donors (Lipinski definition) is 7. The first-order valence-corrected chi connectivity index (χ1v) is 32.9. The van der Waals surface area contributed by atoms with Crippen LogP contribution in [-0.2, 0) is 48.6 Å². The van der Waals surface area contributed by atoms with E-state index in [-0.39, 0.29) is 40.1 Å². The maximum Gasteiger partial charge on any atom is 0.411 e. The average Bonchev–Trinajstić information content (AvgIpc) is 4.10. The number of anilines is 2. The number of nitrogens with two attached hydrogens (primary N) is 1. The Kier molecular flexibility index (Phi) is 20.8. The van der Waals surface area contributed by atoms with Gasteiger partial charge in [0.05, 0.1) is 24.6 Å². The van der Waals surface area contributed by atoms with E-state index in [1.165, 1.54) is 48.6 Å². The summed E-state index contributed by atoms with van der Waals surface area (Å²) < 4.78 is 71.4. The molecule has 2 aromatic carbocycles. The van der Waals surface area contributed by atoms with E-state index in [1.54, 1.807) is 53.7 Å². The van der Waals surface area contributed by atoms with Gasteiger partial charge in [-0.2, -0.15) is 0 Å². The molecule has 0 saturated heterocycles. The summed E-state index contributed by atoms with van der Waals surface area (Å²) in [6, 6.07) is 13.2. The van der Waals surface area contributed by atoms with Gasteiger partial charge in [0, 0.05) is 28.0 Å². The number of carbonyl (C=O) groups is 6. The summed E-state index contributed by atoms with van der Waals surface area (Å²) in [6.07, 6.45) is 0.497. The zero-order chi connectivity index (χ0) is 54.6. The third kappa shape index (κ3) is 20.8. The number of carbonyl (C=O) groups excluding carboxylic acids is 5. The highest BCUT2D eigenvalue weighted by Gasteiger charge is 2.62. The summed E-state index contributed by atoms with van der Waals surface area (Å²) >= 11 is 0. The van der Waals surface area contributed by atoms with Crippen molar-refractivity contribution in [2.45, 2.75) is 138 Å². The standard InChI is InChI=1S/C23H35N3O7SSi.C12H20N2O4SSi.C11H17NO4/c1-8-16-15-23(16,25-21(29)33-22(2,3)4)19(27)26-34(30,31)18-12-10-9-11-17(18)24-20(28)32-13-14-35(5,6)7;1-20(2,3)9-8-18-12(15)14-10-6-4-5-7-11(10)19(13,16)17;1-5-7-6-11(7,8(13)14)12-9(15)16-10(2,3)4/h8-12,16H,1,13-15H2,2-7H3,(H,24,28)(H,25,29)(H,26,27);4-7H,8-9H2,1-3H3,(H,14,15)(H2,13,16,17);5,7H,1,6H2,2-4H3,(H,12,15)(H,13,14)/t16-,23-;;7-,11-/m1.1/s1. The molecule has 4 atom stereocenters. The van der Waals surface area contributed by atoms with E-state index in [2.05, 4.69) is 73.7 Å². The van der Waals surface area contributed by atoms with Gasteiger partial charge < -0.3 is 34.7 Å².